The molecule has 0 heterocycles. The van der Waals surface area contributed by atoms with Gasteiger partial charge in [0.1, 0.15) is 18.5 Å². The highest BCUT2D eigenvalue weighted by molar-refractivity contribution is 5.57. The standard InChI is InChI=1S/C29H42O4/c1-8-29(9-2,24-13-14-26(21(4)17-24)33-19-25(31)18-30)23-12-10-22(20(3)16-23)11-15-27(32)28(5,6)7/h10-17,25,27,30-32H,8-9,18-19H2,1-7H3/b15-11+/t25-,27?/m1/s1. The normalized spacial score (nSPS) is 14.5. The molecule has 0 aliphatic heterocycles. The van der Waals surface area contributed by atoms with E-state index in [0.717, 1.165) is 29.7 Å². The van der Waals surface area contributed by atoms with Gasteiger partial charge in [-0.1, -0.05) is 77.1 Å². The van der Waals surface area contributed by atoms with Crippen LogP contribution in [-0.4, -0.2) is 40.7 Å². The summed E-state index contributed by atoms with van der Waals surface area (Å²) in [7, 11) is 0. The predicted molar refractivity (Wildman–Crippen MR) is 137 cm³/mol. The lowest BCUT2D eigenvalue weighted by Crippen LogP contribution is -2.26. The molecule has 1 unspecified atom stereocenters. The van der Waals surface area contributed by atoms with Crippen LogP contribution in [0.1, 0.15) is 75.3 Å². The zero-order chi connectivity index (χ0) is 24.8. The smallest absolute Gasteiger partial charge is 0.122 e. The number of hydrogen-bond acceptors (Lipinski definition) is 4. The van der Waals surface area contributed by atoms with Crippen LogP contribution in [-0.2, 0) is 5.41 Å². The van der Waals surface area contributed by atoms with Crippen molar-refractivity contribution in [1.29, 1.82) is 0 Å². The minimum atomic E-state index is -0.880. The Balaban J connectivity index is 2.38. The average molecular weight is 455 g/mol. The average Bonchev–Trinajstić information content (AvgIpc) is 2.78. The van der Waals surface area contributed by atoms with Crippen LogP contribution in [0.2, 0.25) is 0 Å². The number of hydrogen-bond donors (Lipinski definition) is 3. The highest BCUT2D eigenvalue weighted by Gasteiger charge is 2.31. The van der Waals surface area contributed by atoms with Crippen molar-refractivity contribution in [3.05, 3.63) is 70.3 Å². The van der Waals surface area contributed by atoms with Crippen molar-refractivity contribution in [2.45, 2.75) is 78.9 Å². The van der Waals surface area contributed by atoms with Crippen molar-refractivity contribution in [3.8, 4) is 5.75 Å². The third-order valence-corrected chi connectivity index (χ3v) is 6.74. The minimum absolute atomic E-state index is 0.0709. The first kappa shape index (κ1) is 27.1. The molecule has 3 N–H and O–H groups in total. The fourth-order valence-electron chi connectivity index (χ4n) is 4.22. The molecular weight excluding hydrogens is 412 g/mol. The van der Waals surface area contributed by atoms with E-state index >= 15 is 0 Å². The van der Waals surface area contributed by atoms with Crippen molar-refractivity contribution < 1.29 is 20.1 Å². The van der Waals surface area contributed by atoms with Crippen LogP contribution in [0.5, 0.6) is 5.75 Å². The number of aliphatic hydroxyl groups excluding tert-OH is 3. The lowest BCUT2D eigenvalue weighted by atomic mass is 9.70. The maximum Gasteiger partial charge on any atom is 0.122 e. The number of ether oxygens (including phenoxy) is 1. The second-order valence-electron chi connectivity index (χ2n) is 10.2. The molecule has 0 aliphatic rings. The van der Waals surface area contributed by atoms with E-state index in [2.05, 4.69) is 51.1 Å². The van der Waals surface area contributed by atoms with Crippen LogP contribution in [0.25, 0.3) is 6.08 Å². The van der Waals surface area contributed by atoms with Gasteiger partial charge in [0, 0.05) is 5.41 Å². The van der Waals surface area contributed by atoms with Gasteiger partial charge in [0.15, 0.2) is 0 Å². The van der Waals surface area contributed by atoms with Crippen LogP contribution in [0, 0.1) is 19.3 Å². The van der Waals surface area contributed by atoms with E-state index in [1.54, 1.807) is 0 Å². The van der Waals surface area contributed by atoms with Gasteiger partial charge in [-0.05, 0) is 66.0 Å². The van der Waals surface area contributed by atoms with Gasteiger partial charge >= 0.3 is 0 Å². The summed E-state index contributed by atoms with van der Waals surface area (Å²) in [4.78, 5) is 0. The molecule has 0 saturated carbocycles. The van der Waals surface area contributed by atoms with Crippen LogP contribution >= 0.6 is 0 Å². The Morgan fingerprint density at radius 2 is 1.48 bits per heavy atom. The van der Waals surface area contributed by atoms with Gasteiger partial charge in [0.25, 0.3) is 0 Å². The summed E-state index contributed by atoms with van der Waals surface area (Å²) in [6.45, 7) is 14.4. The first-order valence-corrected chi connectivity index (χ1v) is 12.0. The van der Waals surface area contributed by atoms with Crippen LogP contribution in [0.3, 0.4) is 0 Å². The summed E-state index contributed by atoms with van der Waals surface area (Å²) in [5, 5.41) is 29.0. The van der Waals surface area contributed by atoms with E-state index in [1.807, 2.05) is 45.9 Å². The van der Waals surface area contributed by atoms with Crippen molar-refractivity contribution in [1.82, 2.24) is 0 Å². The maximum absolute atomic E-state index is 10.4. The minimum Gasteiger partial charge on any atom is -0.491 e. The van der Waals surface area contributed by atoms with Crippen molar-refractivity contribution in [2.75, 3.05) is 13.2 Å². The van der Waals surface area contributed by atoms with Crippen molar-refractivity contribution in [2.24, 2.45) is 5.41 Å². The van der Waals surface area contributed by atoms with E-state index in [4.69, 9.17) is 9.84 Å². The van der Waals surface area contributed by atoms with Gasteiger partial charge in [0.05, 0.1) is 12.7 Å². The van der Waals surface area contributed by atoms with Crippen LogP contribution < -0.4 is 4.74 Å². The molecule has 0 fully saturated rings. The first-order chi connectivity index (χ1) is 15.5. The summed E-state index contributed by atoms with van der Waals surface area (Å²) in [6, 6.07) is 12.9. The van der Waals surface area contributed by atoms with Crippen molar-refractivity contribution >= 4 is 6.08 Å². The molecule has 2 atom stereocenters. The Morgan fingerprint density at radius 3 is 1.97 bits per heavy atom. The van der Waals surface area contributed by atoms with Gasteiger partial charge in [-0.15, -0.1) is 0 Å². The van der Waals surface area contributed by atoms with Gasteiger partial charge < -0.3 is 20.1 Å². The molecule has 2 aromatic rings. The monoisotopic (exact) mass is 454 g/mol. The molecule has 0 aliphatic carbocycles. The summed E-state index contributed by atoms with van der Waals surface area (Å²) in [6.07, 6.45) is 4.45. The zero-order valence-electron chi connectivity index (χ0n) is 21.4. The van der Waals surface area contributed by atoms with E-state index in [-0.39, 0.29) is 24.0 Å². The Kier molecular flexibility index (Phi) is 9.30. The molecule has 33 heavy (non-hydrogen) atoms. The molecule has 0 radical (unpaired) electrons. The Morgan fingerprint density at radius 1 is 0.909 bits per heavy atom. The maximum atomic E-state index is 10.4. The number of aryl methyl sites for hydroxylation is 2. The molecule has 2 rings (SSSR count). The lowest BCUT2D eigenvalue weighted by molar-refractivity contribution is 0.0534. The number of rotatable bonds is 10. The van der Waals surface area contributed by atoms with Gasteiger partial charge in [-0.25, -0.2) is 0 Å². The molecule has 0 aromatic heterocycles. The highest BCUT2D eigenvalue weighted by Crippen LogP contribution is 2.41. The zero-order valence-corrected chi connectivity index (χ0v) is 21.4. The van der Waals surface area contributed by atoms with E-state index in [9.17, 15) is 10.2 Å². The third-order valence-electron chi connectivity index (χ3n) is 6.74. The summed E-state index contributed by atoms with van der Waals surface area (Å²) in [5.41, 5.74) is 5.53. The second-order valence-corrected chi connectivity index (χ2v) is 10.2. The predicted octanol–water partition coefficient (Wildman–Crippen LogP) is 5.56. The van der Waals surface area contributed by atoms with Gasteiger partial charge in [-0.3, -0.25) is 0 Å². The van der Waals surface area contributed by atoms with Crippen LogP contribution in [0.15, 0.2) is 42.5 Å². The molecule has 2 aromatic carbocycles. The fourth-order valence-corrected chi connectivity index (χ4v) is 4.22. The number of aliphatic hydroxyl groups is 3. The first-order valence-electron chi connectivity index (χ1n) is 12.0. The lowest BCUT2D eigenvalue weighted by Gasteiger charge is -2.34. The molecule has 4 nitrogen and oxygen atoms in total. The molecule has 0 amide bonds. The second kappa shape index (κ2) is 11.3. The largest absolute Gasteiger partial charge is 0.491 e. The summed E-state index contributed by atoms with van der Waals surface area (Å²) >= 11 is 0. The van der Waals surface area contributed by atoms with E-state index in [0.29, 0.717) is 0 Å². The van der Waals surface area contributed by atoms with Crippen molar-refractivity contribution in [3.63, 3.8) is 0 Å². The Hall–Kier alpha value is -2.14. The topological polar surface area (TPSA) is 69.9 Å². The van der Waals surface area contributed by atoms with Gasteiger partial charge in [0.2, 0.25) is 0 Å². The molecule has 0 saturated heterocycles. The summed E-state index contributed by atoms with van der Waals surface area (Å²) < 4.78 is 5.70. The third kappa shape index (κ3) is 6.47. The van der Waals surface area contributed by atoms with Gasteiger partial charge in [-0.2, -0.15) is 0 Å². The molecule has 4 heteroatoms. The van der Waals surface area contributed by atoms with E-state index < -0.39 is 12.2 Å². The SMILES string of the molecule is CCC(CC)(c1ccc(/C=C/C(O)C(C)(C)C)c(C)c1)c1ccc(OC[C@H](O)CO)c(C)c1. The van der Waals surface area contributed by atoms with E-state index in [1.165, 1.54) is 16.7 Å². The molecule has 0 spiro atoms. The molecule has 182 valence electrons. The summed E-state index contributed by atoms with van der Waals surface area (Å²) in [5.74, 6) is 0.724. The fraction of sp³-hybridized carbons (Fsp3) is 0.517. The Labute approximate surface area is 199 Å². The molecule has 0 bridgehead atoms. The number of benzene rings is 2. The molecular formula is C29H42O4. The van der Waals surface area contributed by atoms with Crippen LogP contribution in [0.4, 0.5) is 0 Å². The highest BCUT2D eigenvalue weighted by atomic mass is 16.5. The quantitative estimate of drug-likeness (QED) is 0.439. The Bertz CT molecular complexity index is 935.